The van der Waals surface area contributed by atoms with Crippen molar-refractivity contribution in [1.29, 1.82) is 0 Å². The molecule has 5 nitrogen and oxygen atoms in total. The zero-order chi connectivity index (χ0) is 17.5. The summed E-state index contributed by atoms with van der Waals surface area (Å²) in [5, 5.41) is 9.65. The molecule has 1 heterocycles. The first kappa shape index (κ1) is 16.8. The Balaban J connectivity index is 1.85. The van der Waals surface area contributed by atoms with Crippen LogP contribution in [0.25, 0.3) is 0 Å². The molecular formula is C14H12BF3N2O3S. The first-order valence-corrected chi connectivity index (χ1v) is 7.98. The highest BCUT2D eigenvalue weighted by Gasteiger charge is 2.33. The molecule has 1 aliphatic rings. The second kappa shape index (κ2) is 6.12. The Bertz CT molecular complexity index is 816. The number of nitrogen functional groups attached to an aromatic ring is 1. The quantitative estimate of drug-likeness (QED) is 0.577. The normalized spacial score (nSPS) is 15.2. The molecule has 1 unspecified atom stereocenters. The Morgan fingerprint density at radius 2 is 2.00 bits per heavy atom. The molecule has 0 spiro atoms. The summed E-state index contributed by atoms with van der Waals surface area (Å²) >= 11 is 0. The van der Waals surface area contributed by atoms with Gasteiger partial charge in [0.1, 0.15) is 11.0 Å². The van der Waals surface area contributed by atoms with E-state index in [-0.39, 0.29) is 11.5 Å². The van der Waals surface area contributed by atoms with Crippen molar-refractivity contribution in [3.63, 3.8) is 0 Å². The lowest BCUT2D eigenvalue weighted by molar-refractivity contribution is -0.137. The summed E-state index contributed by atoms with van der Waals surface area (Å²) in [4.78, 5) is -0.0613. The van der Waals surface area contributed by atoms with Gasteiger partial charge in [0.2, 0.25) is 0 Å². The van der Waals surface area contributed by atoms with Crippen molar-refractivity contribution in [1.82, 2.24) is 0 Å². The van der Waals surface area contributed by atoms with Crippen LogP contribution in [0.15, 0.2) is 41.3 Å². The Labute approximate surface area is 138 Å². The van der Waals surface area contributed by atoms with Gasteiger partial charge in [-0.3, -0.25) is 0 Å². The van der Waals surface area contributed by atoms with Crippen LogP contribution in [0, 0.1) is 0 Å². The maximum absolute atomic E-state index is 12.9. The summed E-state index contributed by atoms with van der Waals surface area (Å²) < 4.78 is 58.5. The zero-order valence-electron chi connectivity index (χ0n) is 12.1. The van der Waals surface area contributed by atoms with Gasteiger partial charge in [-0.2, -0.15) is 13.2 Å². The van der Waals surface area contributed by atoms with Gasteiger partial charge in [-0.05, 0) is 41.4 Å². The van der Waals surface area contributed by atoms with Gasteiger partial charge in [0, 0.05) is 11.4 Å². The van der Waals surface area contributed by atoms with E-state index < -0.39 is 35.5 Å². The number of anilines is 2. The van der Waals surface area contributed by atoms with E-state index in [0.717, 1.165) is 17.7 Å². The topological polar surface area (TPSA) is 84.6 Å². The number of nitrogens with one attached hydrogen (secondary N) is 1. The van der Waals surface area contributed by atoms with E-state index in [0.29, 0.717) is 11.2 Å². The average Bonchev–Trinajstić information content (AvgIpc) is 2.87. The molecule has 1 aliphatic heterocycles. The molecule has 24 heavy (non-hydrogen) atoms. The third-order valence-electron chi connectivity index (χ3n) is 3.56. The number of hydrogen-bond donors (Lipinski definition) is 3. The third kappa shape index (κ3) is 3.26. The standard InChI is InChI=1S/C14H12BF3N2O3S/c16-14(17,18)11-6-10(3-4-13(11)19)24(22)20-9-2-1-8-7-23-15(21)12(8)5-9/h1-6,20-21H,7,19H2. The van der Waals surface area contributed by atoms with Gasteiger partial charge in [0.15, 0.2) is 0 Å². The minimum atomic E-state index is -4.63. The van der Waals surface area contributed by atoms with Crippen LogP contribution < -0.4 is 15.9 Å². The monoisotopic (exact) mass is 356 g/mol. The van der Waals surface area contributed by atoms with Gasteiger partial charge in [-0.25, -0.2) is 4.21 Å². The smallest absolute Gasteiger partial charge is 0.423 e. The van der Waals surface area contributed by atoms with Crippen LogP contribution in [0.3, 0.4) is 0 Å². The van der Waals surface area contributed by atoms with Gasteiger partial charge >= 0.3 is 13.3 Å². The lowest BCUT2D eigenvalue weighted by Gasteiger charge is -2.12. The number of alkyl halides is 3. The first-order valence-electron chi connectivity index (χ1n) is 6.83. The predicted octanol–water partition coefficient (Wildman–Crippen LogP) is 1.64. The molecule has 1 atom stereocenters. The van der Waals surface area contributed by atoms with Crippen molar-refractivity contribution in [2.75, 3.05) is 10.5 Å². The van der Waals surface area contributed by atoms with Crippen molar-refractivity contribution >= 4 is 34.9 Å². The Morgan fingerprint density at radius 3 is 2.71 bits per heavy atom. The highest BCUT2D eigenvalue weighted by Crippen LogP contribution is 2.34. The molecule has 0 aromatic heterocycles. The summed E-state index contributed by atoms with van der Waals surface area (Å²) in [5.74, 6) is 0. The first-order chi connectivity index (χ1) is 11.3. The van der Waals surface area contributed by atoms with Crippen molar-refractivity contribution in [3.8, 4) is 0 Å². The van der Waals surface area contributed by atoms with Crippen LogP contribution in [0.5, 0.6) is 0 Å². The van der Waals surface area contributed by atoms with E-state index >= 15 is 0 Å². The molecule has 0 amide bonds. The molecular weight excluding hydrogens is 344 g/mol. The Hall–Kier alpha value is -2.04. The average molecular weight is 356 g/mol. The van der Waals surface area contributed by atoms with Gasteiger partial charge in [-0.15, -0.1) is 0 Å². The van der Waals surface area contributed by atoms with Crippen LogP contribution in [-0.4, -0.2) is 16.4 Å². The summed E-state index contributed by atoms with van der Waals surface area (Å²) in [6, 6.07) is 7.93. The lowest BCUT2D eigenvalue weighted by atomic mass is 9.79. The predicted molar refractivity (Wildman–Crippen MR) is 84.7 cm³/mol. The minimum Gasteiger partial charge on any atom is -0.423 e. The highest BCUT2D eigenvalue weighted by molar-refractivity contribution is 7.86. The third-order valence-corrected chi connectivity index (χ3v) is 4.67. The number of benzene rings is 2. The fourth-order valence-electron chi connectivity index (χ4n) is 2.34. The van der Waals surface area contributed by atoms with E-state index in [9.17, 15) is 22.4 Å². The van der Waals surface area contributed by atoms with Crippen LogP contribution in [0.2, 0.25) is 0 Å². The summed E-state index contributed by atoms with van der Waals surface area (Å²) in [5.41, 5.74) is 5.58. The Kier molecular flexibility index (Phi) is 4.28. The van der Waals surface area contributed by atoms with Crippen molar-refractivity contribution in [2.45, 2.75) is 17.7 Å². The molecule has 0 saturated carbocycles. The maximum Gasteiger partial charge on any atom is 0.491 e. The number of halogens is 3. The largest absolute Gasteiger partial charge is 0.491 e. The molecule has 0 fully saturated rings. The fourth-order valence-corrected chi connectivity index (χ4v) is 3.22. The summed E-state index contributed by atoms with van der Waals surface area (Å²) in [6.45, 7) is 0.271. The van der Waals surface area contributed by atoms with Gasteiger partial charge in [-0.1, -0.05) is 6.07 Å². The van der Waals surface area contributed by atoms with Crippen molar-refractivity contribution in [2.24, 2.45) is 0 Å². The lowest BCUT2D eigenvalue weighted by Crippen LogP contribution is -2.28. The summed E-state index contributed by atoms with van der Waals surface area (Å²) in [6.07, 6.45) is -4.63. The fraction of sp³-hybridized carbons (Fsp3) is 0.143. The molecule has 2 aromatic carbocycles. The number of rotatable bonds is 3. The van der Waals surface area contributed by atoms with Crippen molar-refractivity contribution < 1.29 is 27.1 Å². The summed E-state index contributed by atoms with van der Waals surface area (Å²) in [7, 11) is -2.99. The molecule has 0 aliphatic carbocycles. The number of nitrogens with two attached hydrogens (primary N) is 1. The maximum atomic E-state index is 12.9. The van der Waals surface area contributed by atoms with Crippen LogP contribution in [0.4, 0.5) is 24.5 Å². The second-order valence-corrected chi connectivity index (χ2v) is 6.41. The number of hydrogen-bond acceptors (Lipinski definition) is 4. The minimum absolute atomic E-state index is 0.0613. The molecule has 2 aromatic rings. The zero-order valence-corrected chi connectivity index (χ0v) is 12.9. The molecule has 0 radical (unpaired) electrons. The van der Waals surface area contributed by atoms with Crippen LogP contribution >= 0.6 is 0 Å². The SMILES string of the molecule is Nc1ccc(S(=O)Nc2ccc3c(c2)B(O)OC3)cc1C(F)(F)F. The van der Waals surface area contributed by atoms with Gasteiger partial charge in [0.05, 0.1) is 17.1 Å². The van der Waals surface area contributed by atoms with E-state index in [4.69, 9.17) is 10.4 Å². The molecule has 10 heteroatoms. The van der Waals surface area contributed by atoms with Gasteiger partial charge in [0.25, 0.3) is 0 Å². The Morgan fingerprint density at radius 1 is 1.25 bits per heavy atom. The van der Waals surface area contributed by atoms with Crippen molar-refractivity contribution in [3.05, 3.63) is 47.5 Å². The molecule has 3 rings (SSSR count). The van der Waals surface area contributed by atoms with E-state index in [1.54, 1.807) is 18.2 Å². The van der Waals surface area contributed by atoms with Crippen LogP contribution in [0.1, 0.15) is 11.1 Å². The van der Waals surface area contributed by atoms with E-state index in [1.807, 2.05) is 0 Å². The molecule has 0 bridgehead atoms. The molecule has 4 N–H and O–H groups in total. The van der Waals surface area contributed by atoms with Gasteiger partial charge < -0.3 is 20.1 Å². The number of fused-ring (bicyclic) bond motifs is 1. The molecule has 0 saturated heterocycles. The van der Waals surface area contributed by atoms with E-state index in [1.165, 1.54) is 6.07 Å². The van der Waals surface area contributed by atoms with Crippen LogP contribution in [-0.2, 0) is 28.4 Å². The highest BCUT2D eigenvalue weighted by atomic mass is 32.2. The van der Waals surface area contributed by atoms with E-state index in [2.05, 4.69) is 4.72 Å². The second-order valence-electron chi connectivity index (χ2n) is 5.19. The molecule has 126 valence electrons.